The van der Waals surface area contributed by atoms with Crippen LogP contribution in [0.15, 0.2) is 72.8 Å². The molecule has 3 aromatic carbocycles. The van der Waals surface area contributed by atoms with Gasteiger partial charge in [0, 0.05) is 30.6 Å². The van der Waals surface area contributed by atoms with Crippen LogP contribution in [0.3, 0.4) is 0 Å². The maximum atomic E-state index is 14.3. The molecule has 44 heavy (non-hydrogen) atoms. The van der Waals surface area contributed by atoms with Crippen molar-refractivity contribution in [1.82, 2.24) is 10.2 Å². The summed E-state index contributed by atoms with van der Waals surface area (Å²) >= 11 is 0. The van der Waals surface area contributed by atoms with E-state index in [2.05, 4.69) is 5.32 Å². The zero-order valence-corrected chi connectivity index (χ0v) is 26.5. The molecule has 236 valence electrons. The van der Waals surface area contributed by atoms with Crippen LogP contribution < -0.4 is 19.1 Å². The normalized spacial score (nSPS) is 12.1. The second-order valence-electron chi connectivity index (χ2n) is 11.2. The van der Waals surface area contributed by atoms with Crippen molar-refractivity contribution in [2.75, 3.05) is 31.3 Å². The molecule has 0 aliphatic heterocycles. The van der Waals surface area contributed by atoms with Crippen molar-refractivity contribution in [2.24, 2.45) is 0 Å². The molecule has 0 spiro atoms. The number of nitro groups is 1. The van der Waals surface area contributed by atoms with Crippen LogP contribution in [-0.4, -0.2) is 68.7 Å². The van der Waals surface area contributed by atoms with Gasteiger partial charge >= 0.3 is 0 Å². The lowest BCUT2D eigenvalue weighted by Gasteiger charge is -2.35. The zero-order valence-electron chi connectivity index (χ0n) is 25.6. The van der Waals surface area contributed by atoms with Crippen LogP contribution in [0.1, 0.15) is 31.9 Å². The molecule has 0 saturated heterocycles. The third kappa shape index (κ3) is 9.17. The summed E-state index contributed by atoms with van der Waals surface area (Å²) in [5.74, 6) is -0.597. The minimum absolute atomic E-state index is 0.0134. The number of sulfonamides is 1. The van der Waals surface area contributed by atoms with Gasteiger partial charge in [0.2, 0.25) is 21.8 Å². The van der Waals surface area contributed by atoms with Crippen LogP contribution in [-0.2, 0) is 32.6 Å². The SMILES string of the molecule is COc1cccc(CN(C(=O)CN(c2cc([N+](=O)[O-])ccc2OC)S(C)(=O)=O)[C@@H](Cc2ccccc2)C(=O)NC(C)(C)C)c1. The molecule has 3 aromatic rings. The molecule has 0 saturated carbocycles. The van der Waals surface area contributed by atoms with E-state index >= 15 is 0 Å². The number of methoxy groups -OCH3 is 2. The van der Waals surface area contributed by atoms with E-state index < -0.39 is 44.9 Å². The molecule has 0 aliphatic carbocycles. The summed E-state index contributed by atoms with van der Waals surface area (Å²) in [4.78, 5) is 40.3. The highest BCUT2D eigenvalue weighted by atomic mass is 32.2. The van der Waals surface area contributed by atoms with Crippen LogP contribution in [0.2, 0.25) is 0 Å². The minimum atomic E-state index is -4.18. The fourth-order valence-corrected chi connectivity index (χ4v) is 5.40. The predicted octanol–water partition coefficient (Wildman–Crippen LogP) is 3.93. The van der Waals surface area contributed by atoms with Gasteiger partial charge in [0.25, 0.3) is 5.69 Å². The first-order chi connectivity index (χ1) is 20.6. The van der Waals surface area contributed by atoms with Crippen molar-refractivity contribution in [3.63, 3.8) is 0 Å². The van der Waals surface area contributed by atoms with Crippen LogP contribution in [0, 0.1) is 10.1 Å². The van der Waals surface area contributed by atoms with Crippen molar-refractivity contribution in [3.05, 3.63) is 94.0 Å². The first kappa shape index (κ1) is 33.8. The van der Waals surface area contributed by atoms with Gasteiger partial charge in [0.1, 0.15) is 29.8 Å². The molecule has 1 N–H and O–H groups in total. The van der Waals surface area contributed by atoms with E-state index in [1.165, 1.54) is 31.3 Å². The number of hydrogen-bond donors (Lipinski definition) is 1. The third-order valence-corrected chi connectivity index (χ3v) is 7.70. The first-order valence-corrected chi connectivity index (χ1v) is 15.6. The summed E-state index contributed by atoms with van der Waals surface area (Å²) in [6.45, 7) is 4.64. The van der Waals surface area contributed by atoms with Gasteiger partial charge < -0.3 is 19.7 Å². The predicted molar refractivity (Wildman–Crippen MR) is 167 cm³/mol. The summed E-state index contributed by atoms with van der Waals surface area (Å²) in [5.41, 5.74) is 0.217. The Morgan fingerprint density at radius 3 is 2.18 bits per heavy atom. The second-order valence-corrected chi connectivity index (χ2v) is 13.1. The third-order valence-electron chi connectivity index (χ3n) is 6.58. The van der Waals surface area contributed by atoms with Crippen molar-refractivity contribution >= 4 is 33.2 Å². The lowest BCUT2D eigenvalue weighted by Crippen LogP contribution is -2.56. The number of non-ortho nitro benzene ring substituents is 1. The number of ether oxygens (including phenoxy) is 2. The monoisotopic (exact) mass is 626 g/mol. The van der Waals surface area contributed by atoms with E-state index in [-0.39, 0.29) is 30.1 Å². The average molecular weight is 627 g/mol. The Balaban J connectivity index is 2.16. The van der Waals surface area contributed by atoms with Crippen molar-refractivity contribution in [2.45, 2.75) is 45.3 Å². The Hall–Kier alpha value is -4.65. The molecule has 0 aliphatic rings. The van der Waals surface area contributed by atoms with Gasteiger partial charge in [-0.05, 0) is 50.1 Å². The number of nitro benzene ring substituents is 1. The van der Waals surface area contributed by atoms with Gasteiger partial charge in [-0.3, -0.25) is 24.0 Å². The molecule has 2 amide bonds. The fourth-order valence-electron chi connectivity index (χ4n) is 4.56. The molecular formula is C31H38N4O8S. The van der Waals surface area contributed by atoms with Gasteiger partial charge in [-0.15, -0.1) is 0 Å². The summed E-state index contributed by atoms with van der Waals surface area (Å²) in [6, 6.07) is 18.5. The Morgan fingerprint density at radius 1 is 0.955 bits per heavy atom. The van der Waals surface area contributed by atoms with E-state index in [4.69, 9.17) is 9.47 Å². The second kappa shape index (κ2) is 14.2. The Morgan fingerprint density at radius 2 is 1.61 bits per heavy atom. The van der Waals surface area contributed by atoms with E-state index in [1.807, 2.05) is 51.1 Å². The standard InChI is InChI=1S/C31H38N4O8S/c1-31(2,3)32-30(37)27(18-22-11-8-7-9-12-22)33(20-23-13-10-14-25(17-23)42-4)29(36)21-34(44(6,40)41)26-19-24(35(38)39)15-16-28(26)43-5/h7-17,19,27H,18,20-21H2,1-6H3,(H,32,37)/t27-/m0/s1. The smallest absolute Gasteiger partial charge is 0.271 e. The number of hydrogen-bond acceptors (Lipinski definition) is 8. The van der Waals surface area contributed by atoms with E-state index in [1.54, 1.807) is 24.3 Å². The first-order valence-electron chi connectivity index (χ1n) is 13.7. The summed E-state index contributed by atoms with van der Waals surface area (Å²) in [6.07, 6.45) is 1.02. The maximum Gasteiger partial charge on any atom is 0.271 e. The number of rotatable bonds is 13. The van der Waals surface area contributed by atoms with Crippen LogP contribution in [0.4, 0.5) is 11.4 Å². The van der Waals surface area contributed by atoms with Gasteiger partial charge in [0.15, 0.2) is 0 Å². The highest BCUT2D eigenvalue weighted by Gasteiger charge is 2.35. The number of carbonyl (C=O) groups is 2. The molecular weight excluding hydrogens is 588 g/mol. The number of anilines is 1. The van der Waals surface area contributed by atoms with E-state index in [0.717, 1.165) is 22.2 Å². The number of nitrogens with one attached hydrogen (secondary N) is 1. The van der Waals surface area contributed by atoms with Crippen molar-refractivity contribution < 1.29 is 32.4 Å². The van der Waals surface area contributed by atoms with Gasteiger partial charge in [-0.25, -0.2) is 8.42 Å². The van der Waals surface area contributed by atoms with E-state index in [9.17, 15) is 28.1 Å². The van der Waals surface area contributed by atoms with Gasteiger partial charge in [0.05, 0.1) is 25.4 Å². The van der Waals surface area contributed by atoms with Gasteiger partial charge in [-0.1, -0.05) is 42.5 Å². The topological polar surface area (TPSA) is 148 Å². The minimum Gasteiger partial charge on any atom is -0.497 e. The molecule has 0 fully saturated rings. The average Bonchev–Trinajstić information content (AvgIpc) is 2.96. The Bertz CT molecular complexity index is 1590. The quantitative estimate of drug-likeness (QED) is 0.222. The molecule has 3 rings (SSSR count). The molecule has 0 bridgehead atoms. The highest BCUT2D eigenvalue weighted by molar-refractivity contribution is 7.92. The van der Waals surface area contributed by atoms with Crippen LogP contribution in [0.5, 0.6) is 11.5 Å². The largest absolute Gasteiger partial charge is 0.497 e. The lowest BCUT2D eigenvalue weighted by molar-refractivity contribution is -0.384. The lowest BCUT2D eigenvalue weighted by atomic mass is 10.0. The maximum absolute atomic E-state index is 14.3. The number of carbonyl (C=O) groups excluding carboxylic acids is 2. The van der Waals surface area contributed by atoms with Crippen molar-refractivity contribution in [3.8, 4) is 11.5 Å². The Labute approximate surface area is 257 Å². The molecule has 0 aromatic heterocycles. The summed E-state index contributed by atoms with van der Waals surface area (Å²) < 4.78 is 37.6. The summed E-state index contributed by atoms with van der Waals surface area (Å²) in [7, 11) is -1.38. The zero-order chi connectivity index (χ0) is 32.7. The number of benzene rings is 3. The molecule has 0 radical (unpaired) electrons. The van der Waals surface area contributed by atoms with Crippen molar-refractivity contribution in [1.29, 1.82) is 0 Å². The van der Waals surface area contributed by atoms with Gasteiger partial charge in [-0.2, -0.15) is 0 Å². The molecule has 13 heteroatoms. The Kier molecular flexibility index (Phi) is 10.9. The highest BCUT2D eigenvalue weighted by Crippen LogP contribution is 2.34. The fraction of sp³-hybridized carbons (Fsp3) is 0.355. The molecule has 12 nitrogen and oxygen atoms in total. The van der Waals surface area contributed by atoms with E-state index in [0.29, 0.717) is 11.3 Å². The number of nitrogens with zero attached hydrogens (tertiary/aromatic N) is 3. The molecule has 1 atom stereocenters. The van der Waals surface area contributed by atoms with Crippen LogP contribution in [0.25, 0.3) is 0 Å². The van der Waals surface area contributed by atoms with Crippen LogP contribution >= 0.6 is 0 Å². The summed E-state index contributed by atoms with van der Waals surface area (Å²) in [5, 5.41) is 14.5. The molecule has 0 unspecified atom stereocenters. The number of amides is 2. The molecule has 0 heterocycles.